The minimum atomic E-state index is -3.49. The van der Waals surface area contributed by atoms with Gasteiger partial charge in [0.15, 0.2) is 0 Å². The summed E-state index contributed by atoms with van der Waals surface area (Å²) in [6, 6.07) is 0. The van der Waals surface area contributed by atoms with Gasteiger partial charge in [0.1, 0.15) is 4.90 Å². The second kappa shape index (κ2) is 6.34. The van der Waals surface area contributed by atoms with Gasteiger partial charge in [0.05, 0.1) is 6.54 Å². The maximum absolute atomic E-state index is 12.5. The fourth-order valence-electron chi connectivity index (χ4n) is 1.71. The monoisotopic (exact) mass is 286 g/mol. The summed E-state index contributed by atoms with van der Waals surface area (Å²) in [5.74, 6) is 2.39. The Morgan fingerprint density at radius 2 is 2.22 bits per heavy atom. The molecule has 0 aromatic carbocycles. The van der Waals surface area contributed by atoms with E-state index < -0.39 is 10.0 Å². The SMILES string of the molecule is C#CCN(CC)S(=O)(=O)c1c(C)csc1CNC. The summed E-state index contributed by atoms with van der Waals surface area (Å²) >= 11 is 1.45. The lowest BCUT2D eigenvalue weighted by Crippen LogP contribution is -2.32. The smallest absolute Gasteiger partial charge is 0.245 e. The van der Waals surface area contributed by atoms with E-state index in [0.29, 0.717) is 18.0 Å². The first kappa shape index (κ1) is 15.2. The number of nitrogens with zero attached hydrogens (tertiary/aromatic N) is 1. The zero-order chi connectivity index (χ0) is 13.8. The Morgan fingerprint density at radius 1 is 1.56 bits per heavy atom. The largest absolute Gasteiger partial charge is 0.315 e. The molecule has 0 saturated heterocycles. The zero-order valence-corrected chi connectivity index (χ0v) is 12.5. The van der Waals surface area contributed by atoms with Crippen LogP contribution in [0.1, 0.15) is 17.4 Å². The van der Waals surface area contributed by atoms with Crippen LogP contribution in [-0.4, -0.2) is 32.9 Å². The van der Waals surface area contributed by atoms with Crippen molar-refractivity contribution < 1.29 is 8.42 Å². The first-order chi connectivity index (χ1) is 8.48. The number of terminal acetylenes is 1. The van der Waals surface area contributed by atoms with Gasteiger partial charge < -0.3 is 5.32 Å². The summed E-state index contributed by atoms with van der Waals surface area (Å²) in [6.07, 6.45) is 5.22. The molecule has 0 unspecified atom stereocenters. The van der Waals surface area contributed by atoms with E-state index in [2.05, 4.69) is 11.2 Å². The number of aryl methyl sites for hydroxylation is 1. The lowest BCUT2D eigenvalue weighted by Gasteiger charge is -2.19. The van der Waals surface area contributed by atoms with Crippen molar-refractivity contribution in [1.82, 2.24) is 9.62 Å². The Labute approximate surface area is 113 Å². The van der Waals surface area contributed by atoms with Crippen LogP contribution in [0.2, 0.25) is 0 Å². The number of hydrogen-bond acceptors (Lipinski definition) is 4. The molecule has 1 aromatic heterocycles. The summed E-state index contributed by atoms with van der Waals surface area (Å²) in [5.41, 5.74) is 0.778. The lowest BCUT2D eigenvalue weighted by molar-refractivity contribution is 0.463. The summed E-state index contributed by atoms with van der Waals surface area (Å²) < 4.78 is 26.4. The van der Waals surface area contributed by atoms with Crippen molar-refractivity contribution in [3.05, 3.63) is 15.8 Å². The van der Waals surface area contributed by atoms with E-state index in [0.717, 1.165) is 10.4 Å². The third-order valence-corrected chi connectivity index (χ3v) is 5.93. The molecular formula is C12H18N2O2S2. The molecule has 18 heavy (non-hydrogen) atoms. The first-order valence-corrected chi connectivity index (χ1v) is 7.96. The van der Waals surface area contributed by atoms with Crippen LogP contribution in [0.3, 0.4) is 0 Å². The molecule has 0 amide bonds. The molecule has 1 aromatic rings. The predicted octanol–water partition coefficient (Wildman–Crippen LogP) is 1.42. The van der Waals surface area contributed by atoms with Crippen molar-refractivity contribution in [1.29, 1.82) is 0 Å². The van der Waals surface area contributed by atoms with Crippen molar-refractivity contribution in [2.45, 2.75) is 25.3 Å². The van der Waals surface area contributed by atoms with E-state index in [1.165, 1.54) is 15.6 Å². The van der Waals surface area contributed by atoms with Crippen molar-refractivity contribution in [3.63, 3.8) is 0 Å². The van der Waals surface area contributed by atoms with Crippen molar-refractivity contribution >= 4 is 21.4 Å². The van der Waals surface area contributed by atoms with E-state index >= 15 is 0 Å². The highest BCUT2D eigenvalue weighted by molar-refractivity contribution is 7.89. The van der Waals surface area contributed by atoms with Crippen molar-refractivity contribution in [2.24, 2.45) is 0 Å². The third-order valence-electron chi connectivity index (χ3n) is 2.54. The van der Waals surface area contributed by atoms with Gasteiger partial charge in [0, 0.05) is 18.0 Å². The van der Waals surface area contributed by atoms with Gasteiger partial charge in [-0.2, -0.15) is 4.31 Å². The number of hydrogen-bond donors (Lipinski definition) is 1. The average molecular weight is 286 g/mol. The molecule has 1 rings (SSSR count). The molecule has 0 radical (unpaired) electrons. The van der Waals surface area contributed by atoms with Crippen LogP contribution in [0.4, 0.5) is 0 Å². The molecule has 4 nitrogen and oxygen atoms in total. The maximum atomic E-state index is 12.5. The Morgan fingerprint density at radius 3 is 2.72 bits per heavy atom. The molecule has 0 aliphatic carbocycles. The van der Waals surface area contributed by atoms with Gasteiger partial charge in [-0.05, 0) is 24.9 Å². The van der Waals surface area contributed by atoms with Crippen LogP contribution in [-0.2, 0) is 16.6 Å². The number of nitrogens with one attached hydrogen (secondary N) is 1. The predicted molar refractivity (Wildman–Crippen MR) is 75.1 cm³/mol. The lowest BCUT2D eigenvalue weighted by atomic mass is 10.3. The van der Waals surface area contributed by atoms with Crippen molar-refractivity contribution in [3.8, 4) is 12.3 Å². The molecule has 0 spiro atoms. The van der Waals surface area contributed by atoms with E-state index in [1.54, 1.807) is 14.0 Å². The van der Waals surface area contributed by atoms with Gasteiger partial charge in [-0.25, -0.2) is 8.42 Å². The molecular weight excluding hydrogens is 268 g/mol. The van der Waals surface area contributed by atoms with E-state index in [1.807, 2.05) is 12.3 Å². The molecule has 0 bridgehead atoms. The highest BCUT2D eigenvalue weighted by Crippen LogP contribution is 2.29. The molecule has 0 saturated carbocycles. The van der Waals surface area contributed by atoms with Crippen LogP contribution < -0.4 is 5.32 Å². The van der Waals surface area contributed by atoms with Gasteiger partial charge >= 0.3 is 0 Å². The van der Waals surface area contributed by atoms with Gasteiger partial charge in [-0.1, -0.05) is 12.8 Å². The van der Waals surface area contributed by atoms with Crippen LogP contribution in [0.15, 0.2) is 10.3 Å². The maximum Gasteiger partial charge on any atom is 0.245 e. The highest BCUT2D eigenvalue weighted by Gasteiger charge is 2.28. The molecule has 0 aliphatic rings. The fourth-order valence-corrected chi connectivity index (χ4v) is 4.85. The second-order valence-electron chi connectivity index (χ2n) is 3.84. The summed E-state index contributed by atoms with van der Waals surface area (Å²) in [7, 11) is -1.70. The van der Waals surface area contributed by atoms with Crippen LogP contribution in [0, 0.1) is 19.3 Å². The Kier molecular flexibility index (Phi) is 5.35. The summed E-state index contributed by atoms with van der Waals surface area (Å²) in [5, 5.41) is 4.85. The molecule has 100 valence electrons. The normalized spacial score (nSPS) is 11.7. The second-order valence-corrected chi connectivity index (χ2v) is 6.68. The Balaban J connectivity index is 3.27. The number of sulfonamides is 1. The average Bonchev–Trinajstić information content (AvgIpc) is 2.68. The van der Waals surface area contributed by atoms with E-state index in [4.69, 9.17) is 6.42 Å². The molecule has 1 N–H and O–H groups in total. The molecule has 0 fully saturated rings. The van der Waals surface area contributed by atoms with Gasteiger partial charge in [0.25, 0.3) is 0 Å². The highest BCUT2D eigenvalue weighted by atomic mass is 32.2. The molecule has 6 heteroatoms. The van der Waals surface area contributed by atoms with Crippen LogP contribution in [0.5, 0.6) is 0 Å². The van der Waals surface area contributed by atoms with Crippen molar-refractivity contribution in [2.75, 3.05) is 20.1 Å². The molecule has 0 atom stereocenters. The summed E-state index contributed by atoms with van der Waals surface area (Å²) in [4.78, 5) is 1.23. The van der Waals surface area contributed by atoms with E-state index in [-0.39, 0.29) is 6.54 Å². The Hall–Kier alpha value is -0.870. The molecule has 0 aliphatic heterocycles. The van der Waals surface area contributed by atoms with Gasteiger partial charge in [0.2, 0.25) is 10.0 Å². The first-order valence-electron chi connectivity index (χ1n) is 5.64. The van der Waals surface area contributed by atoms with Crippen LogP contribution in [0.25, 0.3) is 0 Å². The quantitative estimate of drug-likeness (QED) is 0.805. The number of thiophene rings is 1. The fraction of sp³-hybridized carbons (Fsp3) is 0.500. The van der Waals surface area contributed by atoms with Gasteiger partial charge in [-0.3, -0.25) is 0 Å². The summed E-state index contributed by atoms with van der Waals surface area (Å²) in [6.45, 7) is 4.62. The minimum absolute atomic E-state index is 0.104. The minimum Gasteiger partial charge on any atom is -0.315 e. The number of rotatable bonds is 6. The topological polar surface area (TPSA) is 49.4 Å². The van der Waals surface area contributed by atoms with Gasteiger partial charge in [-0.15, -0.1) is 17.8 Å². The zero-order valence-electron chi connectivity index (χ0n) is 10.9. The Bertz CT molecular complexity index is 541. The third kappa shape index (κ3) is 2.93. The standard InChI is InChI=1S/C12H18N2O2S2/c1-5-7-14(6-2)18(15,16)12-10(3)9-17-11(12)8-13-4/h1,9,13H,6-8H2,2-4H3. The molecule has 1 heterocycles. The van der Waals surface area contributed by atoms with Crippen LogP contribution >= 0.6 is 11.3 Å². The van der Waals surface area contributed by atoms with E-state index in [9.17, 15) is 8.42 Å².